The summed E-state index contributed by atoms with van der Waals surface area (Å²) in [5.41, 5.74) is 7.92. The molecule has 0 radical (unpaired) electrons. The highest BCUT2D eigenvalue weighted by Gasteiger charge is 2.03. The van der Waals surface area contributed by atoms with E-state index in [1.165, 1.54) is 17.7 Å². The number of hydrogen-bond donors (Lipinski definition) is 1. The highest BCUT2D eigenvalue weighted by Crippen LogP contribution is 2.18. The van der Waals surface area contributed by atoms with Gasteiger partial charge in [-0.15, -0.1) is 0 Å². The minimum Gasteiger partial charge on any atom is -0.489 e. The molecule has 112 valence electrons. The van der Waals surface area contributed by atoms with Gasteiger partial charge in [-0.3, -0.25) is 0 Å². The molecule has 1 atom stereocenters. The third kappa shape index (κ3) is 5.14. The van der Waals surface area contributed by atoms with E-state index in [9.17, 15) is 4.39 Å². The highest BCUT2D eigenvalue weighted by molar-refractivity contribution is 9.10. The summed E-state index contributed by atoms with van der Waals surface area (Å²) < 4.78 is 19.6. The van der Waals surface area contributed by atoms with Crippen LogP contribution in [0.15, 0.2) is 46.9 Å². The third-order valence-corrected chi connectivity index (χ3v) is 3.73. The maximum atomic E-state index is 13.3. The van der Waals surface area contributed by atoms with Crippen LogP contribution in [0.2, 0.25) is 0 Å². The summed E-state index contributed by atoms with van der Waals surface area (Å²) >= 11 is 3.27. The second kappa shape index (κ2) is 7.57. The van der Waals surface area contributed by atoms with Gasteiger partial charge in [0.1, 0.15) is 18.2 Å². The fourth-order valence-electron chi connectivity index (χ4n) is 2.03. The Morgan fingerprint density at radius 1 is 1.14 bits per heavy atom. The van der Waals surface area contributed by atoms with Gasteiger partial charge >= 0.3 is 0 Å². The molecule has 0 spiro atoms. The zero-order valence-corrected chi connectivity index (χ0v) is 13.6. The van der Waals surface area contributed by atoms with Crippen LogP contribution in [0.25, 0.3) is 0 Å². The molecule has 2 aromatic carbocycles. The van der Waals surface area contributed by atoms with Crippen molar-refractivity contribution in [2.45, 2.75) is 32.4 Å². The molecule has 0 saturated carbocycles. The topological polar surface area (TPSA) is 35.2 Å². The van der Waals surface area contributed by atoms with Crippen molar-refractivity contribution in [2.24, 2.45) is 5.73 Å². The number of hydrogen-bond acceptors (Lipinski definition) is 2. The quantitative estimate of drug-likeness (QED) is 0.834. The fraction of sp³-hybridized carbons (Fsp3) is 0.294. The lowest BCUT2D eigenvalue weighted by Crippen LogP contribution is -2.21. The van der Waals surface area contributed by atoms with Crippen molar-refractivity contribution in [3.8, 4) is 5.75 Å². The molecule has 0 bridgehead atoms. The van der Waals surface area contributed by atoms with Crippen LogP contribution < -0.4 is 10.5 Å². The van der Waals surface area contributed by atoms with Crippen LogP contribution in [-0.2, 0) is 13.0 Å². The SMILES string of the molecule is CCC(N)Cc1ccc(OCc2cc(F)cc(Br)c2)cc1. The molecule has 0 aliphatic heterocycles. The monoisotopic (exact) mass is 351 g/mol. The van der Waals surface area contributed by atoms with Crippen molar-refractivity contribution in [2.75, 3.05) is 0 Å². The molecule has 2 rings (SSSR count). The fourth-order valence-corrected chi connectivity index (χ4v) is 2.54. The Kier molecular flexibility index (Phi) is 5.76. The molecular weight excluding hydrogens is 333 g/mol. The van der Waals surface area contributed by atoms with E-state index in [1.807, 2.05) is 30.3 Å². The molecule has 2 aromatic rings. The predicted molar refractivity (Wildman–Crippen MR) is 86.8 cm³/mol. The van der Waals surface area contributed by atoms with Gasteiger partial charge in [-0.2, -0.15) is 0 Å². The van der Waals surface area contributed by atoms with Crippen LogP contribution in [0.3, 0.4) is 0 Å². The average molecular weight is 352 g/mol. The van der Waals surface area contributed by atoms with Gasteiger partial charge in [-0.05, 0) is 54.3 Å². The van der Waals surface area contributed by atoms with Crippen molar-refractivity contribution in [3.63, 3.8) is 0 Å². The Morgan fingerprint density at radius 2 is 1.86 bits per heavy atom. The van der Waals surface area contributed by atoms with E-state index in [-0.39, 0.29) is 11.9 Å². The maximum absolute atomic E-state index is 13.3. The molecule has 0 aromatic heterocycles. The maximum Gasteiger partial charge on any atom is 0.124 e. The molecule has 0 fully saturated rings. The molecule has 2 nitrogen and oxygen atoms in total. The summed E-state index contributed by atoms with van der Waals surface area (Å²) in [6.07, 6.45) is 1.83. The Morgan fingerprint density at radius 3 is 2.48 bits per heavy atom. The highest BCUT2D eigenvalue weighted by atomic mass is 79.9. The first-order valence-corrected chi connectivity index (χ1v) is 7.78. The second-order valence-electron chi connectivity index (χ2n) is 5.08. The lowest BCUT2D eigenvalue weighted by molar-refractivity contribution is 0.305. The second-order valence-corrected chi connectivity index (χ2v) is 6.00. The number of benzene rings is 2. The van der Waals surface area contributed by atoms with Crippen molar-refractivity contribution in [3.05, 3.63) is 63.9 Å². The molecule has 0 aliphatic rings. The summed E-state index contributed by atoms with van der Waals surface area (Å²) in [5.74, 6) is 0.496. The first kappa shape index (κ1) is 16.0. The summed E-state index contributed by atoms with van der Waals surface area (Å²) in [5, 5.41) is 0. The lowest BCUT2D eigenvalue weighted by Gasteiger charge is -2.10. The lowest BCUT2D eigenvalue weighted by atomic mass is 10.0. The zero-order valence-electron chi connectivity index (χ0n) is 12.0. The van der Waals surface area contributed by atoms with Crippen molar-refractivity contribution in [1.29, 1.82) is 0 Å². The number of ether oxygens (including phenoxy) is 1. The molecule has 4 heteroatoms. The zero-order chi connectivity index (χ0) is 15.2. The Balaban J connectivity index is 1.94. The molecule has 0 amide bonds. The summed E-state index contributed by atoms with van der Waals surface area (Å²) in [6.45, 7) is 2.42. The largest absolute Gasteiger partial charge is 0.489 e. The van der Waals surface area contributed by atoms with E-state index < -0.39 is 0 Å². The van der Waals surface area contributed by atoms with Gasteiger partial charge in [0.25, 0.3) is 0 Å². The van der Waals surface area contributed by atoms with Gasteiger partial charge in [0.05, 0.1) is 0 Å². The molecule has 0 heterocycles. The Hall–Kier alpha value is -1.39. The standard InChI is InChI=1S/C17H19BrFNO/c1-2-16(20)9-12-3-5-17(6-4-12)21-11-13-7-14(18)10-15(19)8-13/h3-8,10,16H,2,9,11,20H2,1H3. The van der Waals surface area contributed by atoms with Crippen LogP contribution in [0.5, 0.6) is 5.75 Å². The Bertz CT molecular complexity index is 566. The van der Waals surface area contributed by atoms with Gasteiger partial charge in [-0.25, -0.2) is 4.39 Å². The van der Waals surface area contributed by atoms with E-state index >= 15 is 0 Å². The molecular formula is C17H19BrFNO. The van der Waals surface area contributed by atoms with Gasteiger partial charge < -0.3 is 10.5 Å². The van der Waals surface area contributed by atoms with E-state index in [0.29, 0.717) is 11.1 Å². The summed E-state index contributed by atoms with van der Waals surface area (Å²) in [7, 11) is 0. The van der Waals surface area contributed by atoms with Crippen LogP contribution in [0, 0.1) is 5.82 Å². The molecule has 1 unspecified atom stereocenters. The predicted octanol–water partition coefficient (Wildman–Crippen LogP) is 4.45. The van der Waals surface area contributed by atoms with E-state index in [0.717, 1.165) is 24.2 Å². The van der Waals surface area contributed by atoms with E-state index in [1.54, 1.807) is 0 Å². The van der Waals surface area contributed by atoms with Gasteiger partial charge in [0, 0.05) is 10.5 Å². The number of rotatable bonds is 6. The molecule has 2 N–H and O–H groups in total. The average Bonchev–Trinajstić information content (AvgIpc) is 2.45. The van der Waals surface area contributed by atoms with Crippen molar-refractivity contribution >= 4 is 15.9 Å². The van der Waals surface area contributed by atoms with Gasteiger partial charge in [-0.1, -0.05) is 35.0 Å². The van der Waals surface area contributed by atoms with Crippen LogP contribution in [-0.4, -0.2) is 6.04 Å². The normalized spacial score (nSPS) is 12.2. The van der Waals surface area contributed by atoms with Gasteiger partial charge in [0.15, 0.2) is 0 Å². The minimum absolute atomic E-state index is 0.196. The smallest absolute Gasteiger partial charge is 0.124 e. The van der Waals surface area contributed by atoms with Crippen LogP contribution in [0.4, 0.5) is 4.39 Å². The summed E-state index contributed by atoms with van der Waals surface area (Å²) in [6, 6.07) is 12.8. The number of halogens is 2. The summed E-state index contributed by atoms with van der Waals surface area (Å²) in [4.78, 5) is 0. The van der Waals surface area contributed by atoms with E-state index in [4.69, 9.17) is 10.5 Å². The van der Waals surface area contributed by atoms with Crippen LogP contribution in [0.1, 0.15) is 24.5 Å². The third-order valence-electron chi connectivity index (χ3n) is 3.27. The minimum atomic E-state index is -0.271. The molecule has 0 aliphatic carbocycles. The molecule has 0 saturated heterocycles. The molecule has 21 heavy (non-hydrogen) atoms. The van der Waals surface area contributed by atoms with Gasteiger partial charge in [0.2, 0.25) is 0 Å². The van der Waals surface area contributed by atoms with Crippen molar-refractivity contribution < 1.29 is 9.13 Å². The van der Waals surface area contributed by atoms with Crippen LogP contribution >= 0.6 is 15.9 Å². The number of nitrogens with two attached hydrogens (primary N) is 1. The first-order valence-electron chi connectivity index (χ1n) is 6.99. The first-order chi connectivity index (χ1) is 10.1. The van der Waals surface area contributed by atoms with E-state index in [2.05, 4.69) is 22.9 Å². The van der Waals surface area contributed by atoms with Crippen molar-refractivity contribution in [1.82, 2.24) is 0 Å². The Labute approximate surface area is 133 Å².